The molecule has 1 aliphatic heterocycles. The highest BCUT2D eigenvalue weighted by Gasteiger charge is 2.03. The maximum absolute atomic E-state index is 4.13. The van der Waals surface area contributed by atoms with Crippen LogP contribution in [0.4, 0.5) is 0 Å². The summed E-state index contributed by atoms with van der Waals surface area (Å²) >= 11 is 0. The quantitative estimate of drug-likeness (QED) is 0.474. The molecule has 1 heterocycles. The van der Waals surface area contributed by atoms with E-state index in [0.717, 1.165) is 6.42 Å². The van der Waals surface area contributed by atoms with Gasteiger partial charge in [-0.2, -0.15) is 5.10 Å². The van der Waals surface area contributed by atoms with Crippen molar-refractivity contribution in [2.75, 3.05) is 7.05 Å². The minimum Gasteiger partial charge on any atom is -0.297 e. The van der Waals surface area contributed by atoms with Gasteiger partial charge in [0.2, 0.25) is 0 Å². The van der Waals surface area contributed by atoms with Crippen molar-refractivity contribution >= 4 is 6.21 Å². The van der Waals surface area contributed by atoms with Crippen molar-refractivity contribution in [3.8, 4) is 0 Å². The molecule has 0 aromatic carbocycles. The average Bonchev–Trinajstić information content (AvgIpc) is 1.99. The lowest BCUT2D eigenvalue weighted by atomic mass is 10.2. The molecule has 0 radical (unpaired) electrons. The number of nitrogens with zero attached hydrogens (tertiary/aromatic N) is 2. The molecule has 0 saturated carbocycles. The molecule has 1 rings (SSSR count). The van der Waals surface area contributed by atoms with Crippen molar-refractivity contribution < 1.29 is 0 Å². The summed E-state index contributed by atoms with van der Waals surface area (Å²) in [6.45, 7) is 2.16. The molecule has 2 nitrogen and oxygen atoms in total. The number of hydrogen-bond donors (Lipinski definition) is 0. The molecule has 0 aliphatic carbocycles. The lowest BCUT2D eigenvalue weighted by Gasteiger charge is -2.18. The van der Waals surface area contributed by atoms with Gasteiger partial charge in [-0.25, -0.2) is 0 Å². The van der Waals surface area contributed by atoms with E-state index < -0.39 is 0 Å². The molecule has 9 heavy (non-hydrogen) atoms. The standard InChI is InChI=1S/C7H12N2/c1-7-5-3-4-6-8-9(7)2/h3-4,6-7H,5H2,1-2H3. The molecule has 2 heteroatoms. The number of rotatable bonds is 0. The van der Waals surface area contributed by atoms with Gasteiger partial charge in [0.05, 0.1) is 0 Å². The summed E-state index contributed by atoms with van der Waals surface area (Å²) in [5.41, 5.74) is 0. The summed E-state index contributed by atoms with van der Waals surface area (Å²) in [6, 6.07) is 0.542. The van der Waals surface area contributed by atoms with E-state index in [1.807, 2.05) is 24.3 Å². The molecule has 50 valence electrons. The first-order valence-electron chi connectivity index (χ1n) is 3.22. The van der Waals surface area contributed by atoms with Crippen LogP contribution in [0.25, 0.3) is 0 Å². The predicted molar refractivity (Wildman–Crippen MR) is 39.5 cm³/mol. The van der Waals surface area contributed by atoms with Gasteiger partial charge >= 0.3 is 0 Å². The zero-order chi connectivity index (χ0) is 6.69. The third-order valence-corrected chi connectivity index (χ3v) is 1.59. The molecule has 0 fully saturated rings. The normalized spacial score (nSPS) is 26.4. The van der Waals surface area contributed by atoms with E-state index in [4.69, 9.17) is 0 Å². The summed E-state index contributed by atoms with van der Waals surface area (Å²) in [4.78, 5) is 0. The van der Waals surface area contributed by atoms with Crippen molar-refractivity contribution in [3.05, 3.63) is 12.2 Å². The van der Waals surface area contributed by atoms with Crippen molar-refractivity contribution in [1.29, 1.82) is 0 Å². The minimum atomic E-state index is 0.542. The smallest absolute Gasteiger partial charge is 0.0473 e. The van der Waals surface area contributed by atoms with Gasteiger partial charge in [-0.1, -0.05) is 6.08 Å². The van der Waals surface area contributed by atoms with Crippen LogP contribution < -0.4 is 0 Å². The Bertz CT molecular complexity index is 138. The number of hydrazone groups is 1. The Hall–Kier alpha value is -0.790. The van der Waals surface area contributed by atoms with Crippen LogP contribution in [-0.2, 0) is 0 Å². The Kier molecular flexibility index (Phi) is 1.88. The molecule has 1 aliphatic rings. The highest BCUT2D eigenvalue weighted by Crippen LogP contribution is 2.03. The molecule has 0 bridgehead atoms. The van der Waals surface area contributed by atoms with Crippen molar-refractivity contribution in [2.24, 2.45) is 5.10 Å². The fraction of sp³-hybridized carbons (Fsp3) is 0.571. The Morgan fingerprint density at radius 2 is 2.44 bits per heavy atom. The fourth-order valence-electron chi connectivity index (χ4n) is 0.746. The van der Waals surface area contributed by atoms with Crippen LogP contribution in [0.1, 0.15) is 13.3 Å². The summed E-state index contributed by atoms with van der Waals surface area (Å²) in [6.07, 6.45) is 7.04. The average molecular weight is 124 g/mol. The molecule has 0 aromatic heterocycles. The van der Waals surface area contributed by atoms with E-state index in [-0.39, 0.29) is 0 Å². The molecule has 1 unspecified atom stereocenters. The van der Waals surface area contributed by atoms with Gasteiger partial charge in [-0.15, -0.1) is 0 Å². The highest BCUT2D eigenvalue weighted by atomic mass is 15.4. The lowest BCUT2D eigenvalue weighted by Crippen LogP contribution is -2.22. The predicted octanol–water partition coefficient (Wildman–Crippen LogP) is 1.25. The fourth-order valence-corrected chi connectivity index (χ4v) is 0.746. The molecule has 0 aromatic rings. The lowest BCUT2D eigenvalue weighted by molar-refractivity contribution is 0.276. The van der Waals surface area contributed by atoms with Gasteiger partial charge in [0.25, 0.3) is 0 Å². The van der Waals surface area contributed by atoms with Gasteiger partial charge in [0, 0.05) is 19.3 Å². The summed E-state index contributed by atoms with van der Waals surface area (Å²) < 4.78 is 0. The maximum atomic E-state index is 4.13. The van der Waals surface area contributed by atoms with Gasteiger partial charge in [-0.3, -0.25) is 5.01 Å². The highest BCUT2D eigenvalue weighted by molar-refractivity contribution is 5.70. The Morgan fingerprint density at radius 3 is 3.22 bits per heavy atom. The van der Waals surface area contributed by atoms with Gasteiger partial charge in [0.1, 0.15) is 0 Å². The van der Waals surface area contributed by atoms with Crippen LogP contribution in [0.2, 0.25) is 0 Å². The van der Waals surface area contributed by atoms with E-state index in [9.17, 15) is 0 Å². The van der Waals surface area contributed by atoms with Crippen molar-refractivity contribution in [3.63, 3.8) is 0 Å². The van der Waals surface area contributed by atoms with Crippen LogP contribution in [-0.4, -0.2) is 24.3 Å². The topological polar surface area (TPSA) is 15.6 Å². The largest absolute Gasteiger partial charge is 0.297 e. The van der Waals surface area contributed by atoms with Crippen molar-refractivity contribution in [2.45, 2.75) is 19.4 Å². The second kappa shape index (κ2) is 2.67. The van der Waals surface area contributed by atoms with Crippen LogP contribution in [0.15, 0.2) is 17.3 Å². The molecule has 0 amide bonds. The van der Waals surface area contributed by atoms with E-state index >= 15 is 0 Å². The number of allylic oxidation sites excluding steroid dienone is 1. The minimum absolute atomic E-state index is 0.542. The second-order valence-electron chi connectivity index (χ2n) is 2.35. The zero-order valence-corrected chi connectivity index (χ0v) is 5.91. The summed E-state index contributed by atoms with van der Waals surface area (Å²) in [7, 11) is 1.99. The Balaban J connectivity index is 2.58. The van der Waals surface area contributed by atoms with Crippen LogP contribution in [0.3, 0.4) is 0 Å². The van der Waals surface area contributed by atoms with Gasteiger partial charge < -0.3 is 0 Å². The molecule has 0 spiro atoms. The molecular formula is C7H12N2. The first-order chi connectivity index (χ1) is 4.30. The monoisotopic (exact) mass is 124 g/mol. The zero-order valence-electron chi connectivity index (χ0n) is 5.91. The Morgan fingerprint density at radius 1 is 1.67 bits per heavy atom. The summed E-state index contributed by atoms with van der Waals surface area (Å²) in [5, 5.41) is 6.10. The van der Waals surface area contributed by atoms with E-state index in [1.165, 1.54) is 0 Å². The maximum Gasteiger partial charge on any atom is 0.0473 e. The second-order valence-corrected chi connectivity index (χ2v) is 2.35. The van der Waals surface area contributed by atoms with Gasteiger partial charge in [-0.05, 0) is 19.4 Å². The van der Waals surface area contributed by atoms with Crippen LogP contribution in [0.5, 0.6) is 0 Å². The molecule has 1 atom stereocenters. The first-order valence-corrected chi connectivity index (χ1v) is 3.22. The van der Waals surface area contributed by atoms with E-state index in [1.54, 1.807) is 0 Å². The summed E-state index contributed by atoms with van der Waals surface area (Å²) in [5.74, 6) is 0. The Labute approximate surface area is 55.9 Å². The van der Waals surface area contributed by atoms with E-state index in [2.05, 4.69) is 18.1 Å². The van der Waals surface area contributed by atoms with Crippen LogP contribution >= 0.6 is 0 Å². The third-order valence-electron chi connectivity index (χ3n) is 1.59. The molecule has 0 saturated heterocycles. The van der Waals surface area contributed by atoms with Gasteiger partial charge in [0.15, 0.2) is 0 Å². The van der Waals surface area contributed by atoms with Crippen LogP contribution in [0, 0.1) is 0 Å². The van der Waals surface area contributed by atoms with E-state index in [0.29, 0.717) is 6.04 Å². The SMILES string of the molecule is CC1CC=CC=NN1C. The van der Waals surface area contributed by atoms with Crippen molar-refractivity contribution in [1.82, 2.24) is 5.01 Å². The number of hydrogen-bond acceptors (Lipinski definition) is 2. The third kappa shape index (κ3) is 1.56. The molecule has 0 N–H and O–H groups in total. The molecular weight excluding hydrogens is 112 g/mol. The first kappa shape index (κ1) is 6.33.